The third-order valence-corrected chi connectivity index (χ3v) is 3.12. The largest absolute Gasteiger partial charge is 0.478 e. The lowest BCUT2D eigenvalue weighted by atomic mass is 10.2. The van der Waals surface area contributed by atoms with Crippen LogP contribution >= 0.6 is 0 Å². The molecule has 20 heavy (non-hydrogen) atoms. The van der Waals surface area contributed by atoms with Crippen LogP contribution in [0.2, 0.25) is 0 Å². The number of carboxylic acid groups (broad SMARTS) is 1. The number of imidazole rings is 1. The van der Waals surface area contributed by atoms with Gasteiger partial charge in [0, 0.05) is 0 Å². The van der Waals surface area contributed by atoms with Crippen molar-refractivity contribution in [2.24, 2.45) is 0 Å². The number of carboxylic acids is 1. The van der Waals surface area contributed by atoms with Crippen molar-refractivity contribution in [1.82, 2.24) is 9.55 Å². The molecule has 0 atom stereocenters. The number of rotatable bonds is 4. The van der Waals surface area contributed by atoms with Gasteiger partial charge in [-0.15, -0.1) is 0 Å². The molecule has 2 N–H and O–H groups in total. The average Bonchev–Trinajstić information content (AvgIpc) is 2.88. The highest BCUT2D eigenvalue weighted by molar-refractivity contribution is 5.94. The van der Waals surface area contributed by atoms with Gasteiger partial charge >= 0.3 is 5.97 Å². The lowest BCUT2D eigenvalue weighted by Crippen LogP contribution is -2.10. The first-order chi connectivity index (χ1) is 9.75. The number of nitrogens with one attached hydrogen (secondary N) is 1. The summed E-state index contributed by atoms with van der Waals surface area (Å²) < 4.78 is 1.94. The van der Waals surface area contributed by atoms with Crippen LogP contribution in [0.15, 0.2) is 54.9 Å². The van der Waals surface area contributed by atoms with Crippen LogP contribution in [-0.4, -0.2) is 20.6 Å². The van der Waals surface area contributed by atoms with Crippen LogP contribution in [0.5, 0.6) is 0 Å². The summed E-state index contributed by atoms with van der Waals surface area (Å²) in [5.74, 6) is -0.941. The van der Waals surface area contributed by atoms with Gasteiger partial charge < -0.3 is 15.0 Å². The molecule has 0 amide bonds. The Kier molecular flexibility index (Phi) is 3.09. The smallest absolute Gasteiger partial charge is 0.337 e. The number of para-hydroxylation sites is 3. The summed E-state index contributed by atoms with van der Waals surface area (Å²) in [7, 11) is 0. The zero-order valence-corrected chi connectivity index (χ0v) is 10.7. The number of anilines is 1. The molecule has 0 saturated carbocycles. The second kappa shape index (κ2) is 5.05. The second-order valence-corrected chi connectivity index (χ2v) is 4.39. The predicted octanol–water partition coefficient (Wildman–Crippen LogP) is 2.80. The SMILES string of the molecule is O=C(O)c1ccccc1NCn1cnc2ccccc21. The van der Waals surface area contributed by atoms with E-state index in [2.05, 4.69) is 10.3 Å². The maximum Gasteiger partial charge on any atom is 0.337 e. The molecule has 0 aliphatic carbocycles. The Hall–Kier alpha value is -2.82. The molecular weight excluding hydrogens is 254 g/mol. The van der Waals surface area contributed by atoms with Gasteiger partial charge in [0.15, 0.2) is 0 Å². The highest BCUT2D eigenvalue weighted by atomic mass is 16.4. The summed E-state index contributed by atoms with van der Waals surface area (Å²) in [5.41, 5.74) is 2.78. The number of benzene rings is 2. The maximum atomic E-state index is 11.1. The maximum absolute atomic E-state index is 11.1. The molecule has 0 unspecified atom stereocenters. The normalized spacial score (nSPS) is 10.6. The Morgan fingerprint density at radius 2 is 1.90 bits per heavy atom. The Labute approximate surface area is 115 Å². The van der Waals surface area contributed by atoms with E-state index in [-0.39, 0.29) is 5.56 Å². The first-order valence-electron chi connectivity index (χ1n) is 6.22. The summed E-state index contributed by atoms with van der Waals surface area (Å²) >= 11 is 0. The van der Waals surface area contributed by atoms with Crippen molar-refractivity contribution in [2.75, 3.05) is 5.32 Å². The van der Waals surface area contributed by atoms with Gasteiger partial charge in [0.1, 0.15) is 0 Å². The van der Waals surface area contributed by atoms with Crippen molar-refractivity contribution in [3.8, 4) is 0 Å². The molecule has 100 valence electrons. The zero-order valence-electron chi connectivity index (χ0n) is 10.7. The van der Waals surface area contributed by atoms with Crippen LogP contribution < -0.4 is 5.32 Å². The van der Waals surface area contributed by atoms with E-state index >= 15 is 0 Å². The quantitative estimate of drug-likeness (QED) is 0.762. The van der Waals surface area contributed by atoms with E-state index < -0.39 is 5.97 Å². The molecule has 1 aromatic heterocycles. The van der Waals surface area contributed by atoms with Crippen molar-refractivity contribution in [3.05, 3.63) is 60.4 Å². The first-order valence-corrected chi connectivity index (χ1v) is 6.22. The Bertz CT molecular complexity index is 764. The number of hydrogen-bond acceptors (Lipinski definition) is 3. The number of carbonyl (C=O) groups is 1. The van der Waals surface area contributed by atoms with Crippen molar-refractivity contribution in [1.29, 1.82) is 0 Å². The zero-order chi connectivity index (χ0) is 13.9. The number of nitrogens with zero attached hydrogens (tertiary/aromatic N) is 2. The Morgan fingerprint density at radius 1 is 1.15 bits per heavy atom. The molecule has 0 saturated heterocycles. The molecule has 2 aromatic carbocycles. The van der Waals surface area contributed by atoms with E-state index in [1.54, 1.807) is 30.6 Å². The van der Waals surface area contributed by atoms with Crippen LogP contribution in [0.4, 0.5) is 5.69 Å². The van der Waals surface area contributed by atoms with Crippen LogP contribution in [0, 0.1) is 0 Å². The van der Waals surface area contributed by atoms with E-state index in [9.17, 15) is 4.79 Å². The summed E-state index contributed by atoms with van der Waals surface area (Å²) in [4.78, 5) is 15.4. The molecule has 1 heterocycles. The number of hydrogen-bond donors (Lipinski definition) is 2. The van der Waals surface area contributed by atoms with Crippen LogP contribution in [-0.2, 0) is 6.67 Å². The van der Waals surface area contributed by atoms with Crippen LogP contribution in [0.3, 0.4) is 0 Å². The van der Waals surface area contributed by atoms with Crippen LogP contribution in [0.25, 0.3) is 11.0 Å². The van der Waals surface area contributed by atoms with E-state index in [4.69, 9.17) is 5.11 Å². The van der Waals surface area contributed by atoms with E-state index in [0.29, 0.717) is 12.4 Å². The lowest BCUT2D eigenvalue weighted by molar-refractivity contribution is 0.0698. The van der Waals surface area contributed by atoms with Gasteiger partial charge in [0.2, 0.25) is 0 Å². The van der Waals surface area contributed by atoms with E-state index in [1.807, 2.05) is 28.8 Å². The summed E-state index contributed by atoms with van der Waals surface area (Å²) in [6.45, 7) is 0.463. The molecule has 0 aliphatic rings. The molecule has 3 rings (SSSR count). The van der Waals surface area contributed by atoms with Gasteiger partial charge in [0.25, 0.3) is 0 Å². The molecule has 5 heteroatoms. The second-order valence-electron chi connectivity index (χ2n) is 4.39. The van der Waals surface area contributed by atoms with Gasteiger partial charge in [-0.05, 0) is 24.3 Å². The van der Waals surface area contributed by atoms with Gasteiger partial charge in [-0.1, -0.05) is 24.3 Å². The summed E-state index contributed by atoms with van der Waals surface area (Å²) in [5, 5.41) is 12.3. The first kappa shape index (κ1) is 12.2. The highest BCUT2D eigenvalue weighted by Gasteiger charge is 2.08. The van der Waals surface area contributed by atoms with Gasteiger partial charge in [-0.3, -0.25) is 0 Å². The summed E-state index contributed by atoms with van der Waals surface area (Å²) in [6.07, 6.45) is 1.74. The minimum absolute atomic E-state index is 0.261. The molecule has 0 radical (unpaired) electrons. The molecule has 5 nitrogen and oxygen atoms in total. The molecule has 0 spiro atoms. The predicted molar refractivity (Wildman–Crippen MR) is 76.8 cm³/mol. The highest BCUT2D eigenvalue weighted by Crippen LogP contribution is 2.16. The van der Waals surface area contributed by atoms with Crippen molar-refractivity contribution in [3.63, 3.8) is 0 Å². The molecular formula is C15H13N3O2. The Balaban J connectivity index is 1.85. The molecule has 3 aromatic rings. The van der Waals surface area contributed by atoms with Crippen LogP contribution in [0.1, 0.15) is 10.4 Å². The molecule has 0 bridgehead atoms. The summed E-state index contributed by atoms with van der Waals surface area (Å²) in [6, 6.07) is 14.7. The average molecular weight is 267 g/mol. The minimum Gasteiger partial charge on any atom is -0.478 e. The standard InChI is InChI=1S/C15H13N3O2/c19-15(20)11-5-1-2-6-12(11)16-9-18-10-17-13-7-3-4-8-14(13)18/h1-8,10,16H,9H2,(H,19,20). The number of aromatic carboxylic acids is 1. The number of fused-ring (bicyclic) bond motifs is 1. The van der Waals surface area contributed by atoms with Gasteiger partial charge in [-0.2, -0.15) is 0 Å². The number of aromatic nitrogens is 2. The fraction of sp³-hybridized carbons (Fsp3) is 0.0667. The third-order valence-electron chi connectivity index (χ3n) is 3.12. The third kappa shape index (κ3) is 2.21. The van der Waals surface area contributed by atoms with E-state index in [0.717, 1.165) is 11.0 Å². The molecule has 0 fully saturated rings. The lowest BCUT2D eigenvalue weighted by Gasteiger charge is -2.10. The van der Waals surface area contributed by atoms with Crippen molar-refractivity contribution < 1.29 is 9.90 Å². The fourth-order valence-electron chi connectivity index (χ4n) is 2.13. The fourth-order valence-corrected chi connectivity index (χ4v) is 2.13. The topological polar surface area (TPSA) is 67.2 Å². The van der Waals surface area contributed by atoms with Crippen molar-refractivity contribution >= 4 is 22.7 Å². The van der Waals surface area contributed by atoms with Gasteiger partial charge in [-0.25, -0.2) is 9.78 Å². The molecule has 0 aliphatic heterocycles. The Morgan fingerprint density at radius 3 is 2.75 bits per heavy atom. The van der Waals surface area contributed by atoms with E-state index in [1.165, 1.54) is 0 Å². The monoisotopic (exact) mass is 267 g/mol. The van der Waals surface area contributed by atoms with Crippen molar-refractivity contribution in [2.45, 2.75) is 6.67 Å². The minimum atomic E-state index is -0.941. The van der Waals surface area contributed by atoms with Gasteiger partial charge in [0.05, 0.1) is 35.3 Å².